The number of rotatable bonds is 5. The van der Waals surface area contributed by atoms with Crippen molar-refractivity contribution in [1.29, 1.82) is 0 Å². The molecule has 1 aromatic rings. The second-order valence-electron chi connectivity index (χ2n) is 3.78. The van der Waals surface area contributed by atoms with Crippen molar-refractivity contribution in [2.45, 2.75) is 26.4 Å². The summed E-state index contributed by atoms with van der Waals surface area (Å²) in [6, 6.07) is 3.23. The summed E-state index contributed by atoms with van der Waals surface area (Å²) in [5, 5.41) is 2.64. The number of esters is 1. The molecule has 0 radical (unpaired) electrons. The molecule has 0 atom stereocenters. The van der Waals surface area contributed by atoms with E-state index >= 15 is 0 Å². The monoisotopic (exact) mass is 236 g/mol. The lowest BCUT2D eigenvalue weighted by molar-refractivity contribution is -0.147. The van der Waals surface area contributed by atoms with E-state index in [-0.39, 0.29) is 30.9 Å². The van der Waals surface area contributed by atoms with Crippen LogP contribution in [0.25, 0.3) is 0 Å². The van der Waals surface area contributed by atoms with Crippen molar-refractivity contribution < 1.29 is 14.3 Å². The lowest BCUT2D eigenvalue weighted by Crippen LogP contribution is -2.27. The molecule has 0 aliphatic rings. The van der Waals surface area contributed by atoms with E-state index in [1.807, 2.05) is 0 Å². The molecule has 0 spiro atoms. The minimum Gasteiger partial charge on any atom is -0.463 e. The second kappa shape index (κ2) is 6.62. The van der Waals surface area contributed by atoms with Crippen LogP contribution in [0.5, 0.6) is 0 Å². The van der Waals surface area contributed by atoms with Gasteiger partial charge in [0.2, 0.25) is 0 Å². The molecule has 0 aliphatic heterocycles. The third kappa shape index (κ3) is 5.10. The van der Waals surface area contributed by atoms with Gasteiger partial charge in [0.25, 0.3) is 5.91 Å². The van der Waals surface area contributed by atoms with Gasteiger partial charge in [-0.25, -0.2) is 0 Å². The maximum absolute atomic E-state index is 11.6. The third-order valence-corrected chi connectivity index (χ3v) is 1.92. The van der Waals surface area contributed by atoms with Gasteiger partial charge in [-0.3, -0.25) is 14.6 Å². The Morgan fingerprint density at radius 3 is 2.59 bits per heavy atom. The van der Waals surface area contributed by atoms with Crippen LogP contribution in [-0.2, 0) is 9.53 Å². The predicted octanol–water partition coefficient (Wildman–Crippen LogP) is 1.15. The Kier molecular flexibility index (Phi) is 5.13. The summed E-state index contributed by atoms with van der Waals surface area (Å²) in [5.74, 6) is -0.528. The fraction of sp³-hybridized carbons (Fsp3) is 0.417. The molecule has 5 heteroatoms. The van der Waals surface area contributed by atoms with Crippen molar-refractivity contribution in [2.75, 3.05) is 6.54 Å². The first kappa shape index (κ1) is 13.2. The van der Waals surface area contributed by atoms with Crippen LogP contribution in [0.1, 0.15) is 30.6 Å². The van der Waals surface area contributed by atoms with Crippen molar-refractivity contribution in [3.63, 3.8) is 0 Å². The van der Waals surface area contributed by atoms with Crippen molar-refractivity contribution in [2.24, 2.45) is 0 Å². The van der Waals surface area contributed by atoms with Crippen LogP contribution in [-0.4, -0.2) is 29.5 Å². The third-order valence-electron chi connectivity index (χ3n) is 1.92. The van der Waals surface area contributed by atoms with Crippen LogP contribution in [0.15, 0.2) is 24.5 Å². The first-order valence-electron chi connectivity index (χ1n) is 5.47. The fourth-order valence-electron chi connectivity index (χ4n) is 1.21. The molecule has 1 N–H and O–H groups in total. The molecule has 0 saturated heterocycles. The first-order valence-corrected chi connectivity index (χ1v) is 5.47. The van der Waals surface area contributed by atoms with E-state index in [4.69, 9.17) is 4.74 Å². The van der Waals surface area contributed by atoms with E-state index in [2.05, 4.69) is 10.3 Å². The summed E-state index contributed by atoms with van der Waals surface area (Å²) < 4.78 is 4.94. The molecule has 0 unspecified atom stereocenters. The van der Waals surface area contributed by atoms with Gasteiger partial charge in [0.05, 0.1) is 12.5 Å². The van der Waals surface area contributed by atoms with Crippen molar-refractivity contribution in [3.8, 4) is 0 Å². The lowest BCUT2D eigenvalue weighted by atomic mass is 10.2. The van der Waals surface area contributed by atoms with Gasteiger partial charge < -0.3 is 10.1 Å². The highest BCUT2D eigenvalue weighted by molar-refractivity contribution is 5.94. The molecular formula is C12H16N2O3. The molecule has 0 fully saturated rings. The number of hydrogen-bond acceptors (Lipinski definition) is 4. The molecule has 1 heterocycles. The zero-order chi connectivity index (χ0) is 12.7. The number of amides is 1. The zero-order valence-corrected chi connectivity index (χ0v) is 9.97. The molecule has 1 aromatic heterocycles. The zero-order valence-electron chi connectivity index (χ0n) is 9.97. The average molecular weight is 236 g/mol. The Bertz CT molecular complexity index is 377. The summed E-state index contributed by atoms with van der Waals surface area (Å²) in [7, 11) is 0. The van der Waals surface area contributed by atoms with Crippen LogP contribution in [0.4, 0.5) is 0 Å². The highest BCUT2D eigenvalue weighted by Crippen LogP contribution is 1.96. The molecular weight excluding hydrogens is 220 g/mol. The smallest absolute Gasteiger partial charge is 0.307 e. The molecule has 0 aliphatic carbocycles. The van der Waals surface area contributed by atoms with Gasteiger partial charge in [0, 0.05) is 24.5 Å². The van der Waals surface area contributed by atoms with Crippen molar-refractivity contribution in [1.82, 2.24) is 10.3 Å². The molecule has 92 valence electrons. The quantitative estimate of drug-likeness (QED) is 0.779. The molecule has 0 bridgehead atoms. The number of carbonyl (C=O) groups is 2. The van der Waals surface area contributed by atoms with Gasteiger partial charge in [-0.15, -0.1) is 0 Å². The largest absolute Gasteiger partial charge is 0.463 e. The minimum atomic E-state index is -0.310. The van der Waals surface area contributed by atoms with E-state index < -0.39 is 0 Å². The molecule has 5 nitrogen and oxygen atoms in total. The van der Waals surface area contributed by atoms with Gasteiger partial charge >= 0.3 is 5.97 Å². The van der Waals surface area contributed by atoms with E-state index in [0.717, 1.165) is 0 Å². The highest BCUT2D eigenvalue weighted by atomic mass is 16.5. The number of pyridine rings is 1. The first-order chi connectivity index (χ1) is 8.09. The van der Waals surface area contributed by atoms with Crippen LogP contribution in [0, 0.1) is 0 Å². The maximum Gasteiger partial charge on any atom is 0.307 e. The summed E-state index contributed by atoms with van der Waals surface area (Å²) in [5.41, 5.74) is 0.525. The number of aromatic nitrogens is 1. The molecule has 17 heavy (non-hydrogen) atoms. The Hall–Kier alpha value is -1.91. The lowest BCUT2D eigenvalue weighted by Gasteiger charge is -2.08. The Morgan fingerprint density at radius 2 is 2.00 bits per heavy atom. The normalized spacial score (nSPS) is 10.1. The molecule has 0 saturated carbocycles. The fourth-order valence-corrected chi connectivity index (χ4v) is 1.21. The van der Waals surface area contributed by atoms with Gasteiger partial charge in [0.1, 0.15) is 0 Å². The predicted molar refractivity (Wildman–Crippen MR) is 62.4 cm³/mol. The van der Waals surface area contributed by atoms with Gasteiger partial charge in [-0.1, -0.05) is 0 Å². The molecule has 0 aromatic carbocycles. The summed E-state index contributed by atoms with van der Waals surface area (Å²) >= 11 is 0. The van der Waals surface area contributed by atoms with Gasteiger partial charge in [-0.2, -0.15) is 0 Å². The standard InChI is InChI=1S/C12H16N2O3/c1-9(2)17-11(15)5-8-14-12(16)10-3-6-13-7-4-10/h3-4,6-7,9H,5,8H2,1-2H3,(H,14,16). The van der Waals surface area contributed by atoms with E-state index in [9.17, 15) is 9.59 Å². The van der Waals surface area contributed by atoms with Crippen molar-refractivity contribution >= 4 is 11.9 Å². The van der Waals surface area contributed by atoms with Crippen LogP contribution in [0.3, 0.4) is 0 Å². The summed E-state index contributed by atoms with van der Waals surface area (Å²) in [6.07, 6.45) is 3.14. The van der Waals surface area contributed by atoms with E-state index in [0.29, 0.717) is 5.56 Å². The van der Waals surface area contributed by atoms with Gasteiger partial charge in [0.15, 0.2) is 0 Å². The summed E-state index contributed by atoms with van der Waals surface area (Å²) in [6.45, 7) is 3.84. The summed E-state index contributed by atoms with van der Waals surface area (Å²) in [4.78, 5) is 26.6. The van der Waals surface area contributed by atoms with Crippen LogP contribution in [0.2, 0.25) is 0 Å². The number of ether oxygens (including phenoxy) is 1. The van der Waals surface area contributed by atoms with Crippen molar-refractivity contribution in [3.05, 3.63) is 30.1 Å². The topological polar surface area (TPSA) is 68.3 Å². The van der Waals surface area contributed by atoms with Crippen LogP contribution < -0.4 is 5.32 Å². The Balaban J connectivity index is 2.28. The second-order valence-corrected chi connectivity index (χ2v) is 3.78. The van der Waals surface area contributed by atoms with E-state index in [1.165, 1.54) is 0 Å². The maximum atomic E-state index is 11.6. The number of nitrogens with zero attached hydrogens (tertiary/aromatic N) is 1. The van der Waals surface area contributed by atoms with Crippen LogP contribution >= 0.6 is 0 Å². The Labute approximate surface area is 100 Å². The minimum absolute atomic E-state index is 0.126. The SMILES string of the molecule is CC(C)OC(=O)CCNC(=O)c1ccncc1. The molecule has 1 rings (SSSR count). The average Bonchev–Trinajstić information content (AvgIpc) is 2.29. The molecule has 1 amide bonds. The van der Waals surface area contributed by atoms with E-state index in [1.54, 1.807) is 38.4 Å². The number of hydrogen-bond donors (Lipinski definition) is 1. The van der Waals surface area contributed by atoms with Gasteiger partial charge in [-0.05, 0) is 26.0 Å². The highest BCUT2D eigenvalue weighted by Gasteiger charge is 2.07. The number of nitrogens with one attached hydrogen (secondary N) is 1. The number of carbonyl (C=O) groups excluding carboxylic acids is 2. The Morgan fingerprint density at radius 1 is 1.35 bits per heavy atom.